The number of anilines is 1. The summed E-state index contributed by atoms with van der Waals surface area (Å²) >= 11 is 0. The van der Waals surface area contributed by atoms with Crippen LogP contribution in [0.4, 0.5) is 5.69 Å². The minimum absolute atomic E-state index is 0.139. The number of carbonyl (C=O) groups excluding carboxylic acids is 2. The zero-order valence-electron chi connectivity index (χ0n) is 18.6. The molecular formula is C28H26N2O3. The van der Waals surface area contributed by atoms with E-state index in [4.69, 9.17) is 4.42 Å². The van der Waals surface area contributed by atoms with E-state index in [-0.39, 0.29) is 23.6 Å². The van der Waals surface area contributed by atoms with Gasteiger partial charge < -0.3 is 14.6 Å². The number of rotatable bonds is 5. The van der Waals surface area contributed by atoms with Gasteiger partial charge in [0, 0.05) is 17.6 Å². The summed E-state index contributed by atoms with van der Waals surface area (Å²) < 4.78 is 5.63. The number of furan rings is 1. The standard InChI is InChI=1S/C28H26N2O3/c1-19-7-2-4-9-23(19)24-10-6-16-30(24)27(31)17-20-12-14-22(15-13-20)29-28(32)26-18-21-8-3-5-11-25(21)33-26/h2-5,7-9,11-15,18,24H,6,10,16-17H2,1H3,(H,29,32). The molecule has 1 aliphatic rings. The van der Waals surface area contributed by atoms with Crippen LogP contribution in [0, 0.1) is 6.92 Å². The molecule has 1 unspecified atom stereocenters. The van der Waals surface area contributed by atoms with Crippen molar-refractivity contribution >= 4 is 28.5 Å². The van der Waals surface area contributed by atoms with Crippen molar-refractivity contribution in [1.82, 2.24) is 4.90 Å². The maximum atomic E-state index is 13.1. The zero-order valence-corrected chi connectivity index (χ0v) is 18.6. The Hall–Kier alpha value is -3.86. The van der Waals surface area contributed by atoms with Crippen molar-refractivity contribution in [2.45, 2.75) is 32.2 Å². The van der Waals surface area contributed by atoms with Crippen molar-refractivity contribution in [3.05, 3.63) is 101 Å². The maximum Gasteiger partial charge on any atom is 0.291 e. The summed E-state index contributed by atoms with van der Waals surface area (Å²) in [6.07, 6.45) is 2.38. The SMILES string of the molecule is Cc1ccccc1C1CCCN1C(=O)Cc1ccc(NC(=O)c2cc3ccccc3o2)cc1. The van der Waals surface area contributed by atoms with Crippen molar-refractivity contribution in [2.75, 3.05) is 11.9 Å². The van der Waals surface area contributed by atoms with Crippen molar-refractivity contribution in [1.29, 1.82) is 0 Å². The van der Waals surface area contributed by atoms with E-state index in [1.165, 1.54) is 11.1 Å². The molecule has 1 aromatic heterocycles. The topological polar surface area (TPSA) is 62.6 Å². The highest BCUT2D eigenvalue weighted by Crippen LogP contribution is 2.34. The van der Waals surface area contributed by atoms with Gasteiger partial charge in [-0.3, -0.25) is 9.59 Å². The number of benzene rings is 3. The largest absolute Gasteiger partial charge is 0.451 e. The van der Waals surface area contributed by atoms with E-state index in [0.29, 0.717) is 17.7 Å². The van der Waals surface area contributed by atoms with Crippen LogP contribution < -0.4 is 5.32 Å². The third-order valence-electron chi connectivity index (χ3n) is 6.34. The third kappa shape index (κ3) is 4.40. The summed E-state index contributed by atoms with van der Waals surface area (Å²) in [4.78, 5) is 27.7. The van der Waals surface area contributed by atoms with E-state index in [1.807, 2.05) is 65.6 Å². The fourth-order valence-electron chi connectivity index (χ4n) is 4.62. The Labute approximate surface area is 193 Å². The Bertz CT molecular complexity index is 1270. The smallest absolute Gasteiger partial charge is 0.291 e. The number of hydrogen-bond acceptors (Lipinski definition) is 3. The molecule has 2 amide bonds. The van der Waals surface area contributed by atoms with Crippen molar-refractivity contribution in [3.8, 4) is 0 Å². The van der Waals surface area contributed by atoms with Crippen LogP contribution in [0.15, 0.2) is 83.3 Å². The predicted molar refractivity (Wildman–Crippen MR) is 129 cm³/mol. The van der Waals surface area contributed by atoms with E-state index >= 15 is 0 Å². The van der Waals surface area contributed by atoms with Crippen LogP contribution in [-0.2, 0) is 11.2 Å². The van der Waals surface area contributed by atoms with E-state index in [0.717, 1.165) is 30.3 Å². The number of nitrogens with zero attached hydrogens (tertiary/aromatic N) is 1. The number of fused-ring (bicyclic) bond motifs is 1. The van der Waals surface area contributed by atoms with Gasteiger partial charge in [-0.15, -0.1) is 0 Å². The van der Waals surface area contributed by atoms with Gasteiger partial charge in [-0.25, -0.2) is 0 Å². The molecule has 1 fully saturated rings. The summed E-state index contributed by atoms with van der Waals surface area (Å²) in [7, 11) is 0. The van der Waals surface area contributed by atoms with Crippen LogP contribution in [-0.4, -0.2) is 23.3 Å². The molecule has 3 aromatic carbocycles. The number of aryl methyl sites for hydroxylation is 1. The Morgan fingerprint density at radius 2 is 1.76 bits per heavy atom. The molecule has 2 heterocycles. The monoisotopic (exact) mass is 438 g/mol. The average molecular weight is 439 g/mol. The second kappa shape index (κ2) is 8.94. The number of para-hydroxylation sites is 1. The molecule has 5 nitrogen and oxygen atoms in total. The number of nitrogens with one attached hydrogen (secondary N) is 1. The molecule has 4 aromatic rings. The van der Waals surface area contributed by atoms with E-state index in [1.54, 1.807) is 6.07 Å². The van der Waals surface area contributed by atoms with Crippen molar-refractivity contribution < 1.29 is 14.0 Å². The summed E-state index contributed by atoms with van der Waals surface area (Å²) in [6, 6.07) is 25.2. The Morgan fingerprint density at radius 3 is 2.55 bits per heavy atom. The molecule has 33 heavy (non-hydrogen) atoms. The number of carbonyl (C=O) groups is 2. The molecule has 5 heteroatoms. The molecule has 0 spiro atoms. The van der Waals surface area contributed by atoms with E-state index < -0.39 is 0 Å². The van der Waals surface area contributed by atoms with Gasteiger partial charge in [0.25, 0.3) is 5.91 Å². The fraction of sp³-hybridized carbons (Fsp3) is 0.214. The molecule has 1 aliphatic heterocycles. The number of amides is 2. The van der Waals surface area contributed by atoms with Gasteiger partial charge in [0.15, 0.2) is 5.76 Å². The summed E-state index contributed by atoms with van der Waals surface area (Å²) in [5.41, 5.74) is 4.74. The molecule has 1 atom stereocenters. The number of likely N-dealkylation sites (tertiary alicyclic amines) is 1. The van der Waals surface area contributed by atoms with Crippen LogP contribution in [0.3, 0.4) is 0 Å². The first kappa shape index (κ1) is 21.0. The summed E-state index contributed by atoms with van der Waals surface area (Å²) in [5, 5.41) is 3.75. The third-order valence-corrected chi connectivity index (χ3v) is 6.34. The highest BCUT2D eigenvalue weighted by molar-refractivity contribution is 6.04. The summed E-state index contributed by atoms with van der Waals surface area (Å²) in [6.45, 7) is 2.90. The van der Waals surface area contributed by atoms with Crippen molar-refractivity contribution in [3.63, 3.8) is 0 Å². The van der Waals surface area contributed by atoms with Gasteiger partial charge in [-0.05, 0) is 60.7 Å². The molecule has 5 rings (SSSR count). The molecule has 0 aliphatic carbocycles. The van der Waals surface area contributed by atoms with E-state index in [9.17, 15) is 9.59 Å². The molecule has 1 N–H and O–H groups in total. The van der Waals surface area contributed by atoms with Crippen molar-refractivity contribution in [2.24, 2.45) is 0 Å². The first-order valence-corrected chi connectivity index (χ1v) is 11.3. The molecule has 0 radical (unpaired) electrons. The van der Waals surface area contributed by atoms with E-state index in [2.05, 4.69) is 24.4 Å². The fourth-order valence-corrected chi connectivity index (χ4v) is 4.62. The normalized spacial score (nSPS) is 15.7. The Balaban J connectivity index is 1.23. The van der Waals surface area contributed by atoms with Gasteiger partial charge in [-0.1, -0.05) is 54.6 Å². The molecule has 166 valence electrons. The lowest BCUT2D eigenvalue weighted by Crippen LogP contribution is -2.32. The zero-order chi connectivity index (χ0) is 22.8. The minimum atomic E-state index is -0.298. The quantitative estimate of drug-likeness (QED) is 0.422. The average Bonchev–Trinajstić information content (AvgIpc) is 3.48. The second-order valence-electron chi connectivity index (χ2n) is 8.58. The van der Waals surface area contributed by atoms with Crippen LogP contribution in [0.25, 0.3) is 11.0 Å². The molecule has 0 bridgehead atoms. The lowest BCUT2D eigenvalue weighted by molar-refractivity contribution is -0.131. The predicted octanol–water partition coefficient (Wildman–Crippen LogP) is 5.90. The first-order chi connectivity index (χ1) is 16.1. The lowest BCUT2D eigenvalue weighted by atomic mass is 9.99. The maximum absolute atomic E-state index is 13.1. The Kier molecular flexibility index (Phi) is 5.69. The lowest BCUT2D eigenvalue weighted by Gasteiger charge is -2.26. The second-order valence-corrected chi connectivity index (χ2v) is 8.58. The first-order valence-electron chi connectivity index (χ1n) is 11.3. The highest BCUT2D eigenvalue weighted by Gasteiger charge is 2.30. The van der Waals surface area contributed by atoms with Gasteiger partial charge in [0.05, 0.1) is 12.5 Å². The minimum Gasteiger partial charge on any atom is -0.451 e. The van der Waals surface area contributed by atoms with Crippen LogP contribution in [0.2, 0.25) is 0 Å². The Morgan fingerprint density at radius 1 is 1.00 bits per heavy atom. The van der Waals surface area contributed by atoms with Gasteiger partial charge in [0.2, 0.25) is 5.91 Å². The van der Waals surface area contributed by atoms with Crippen LogP contribution >= 0.6 is 0 Å². The van der Waals surface area contributed by atoms with Crippen LogP contribution in [0.1, 0.15) is 46.1 Å². The van der Waals surface area contributed by atoms with Crippen LogP contribution in [0.5, 0.6) is 0 Å². The highest BCUT2D eigenvalue weighted by atomic mass is 16.3. The molecule has 0 saturated carbocycles. The van der Waals surface area contributed by atoms with Gasteiger partial charge in [-0.2, -0.15) is 0 Å². The number of hydrogen-bond donors (Lipinski definition) is 1. The summed E-state index contributed by atoms with van der Waals surface area (Å²) in [5.74, 6) is 0.111. The van der Waals surface area contributed by atoms with Gasteiger partial charge >= 0.3 is 0 Å². The van der Waals surface area contributed by atoms with Gasteiger partial charge in [0.1, 0.15) is 5.58 Å². The molecule has 1 saturated heterocycles. The molecular weight excluding hydrogens is 412 g/mol.